The minimum Gasteiger partial charge on any atom is -0.321 e. The first-order chi connectivity index (χ1) is 12.0. The van der Waals surface area contributed by atoms with Crippen LogP contribution in [0.3, 0.4) is 0 Å². The Labute approximate surface area is 152 Å². The number of benzene rings is 1. The summed E-state index contributed by atoms with van der Waals surface area (Å²) in [7, 11) is -3.49. The Hall–Kier alpha value is -1.74. The molecule has 1 aromatic heterocycles. The van der Waals surface area contributed by atoms with Crippen molar-refractivity contribution in [2.75, 3.05) is 38.0 Å². The van der Waals surface area contributed by atoms with Crippen LogP contribution in [0, 0.1) is 0 Å². The first-order valence-electron chi connectivity index (χ1n) is 8.18. The summed E-state index contributed by atoms with van der Waals surface area (Å²) in [6.45, 7) is 5.54. The minimum absolute atomic E-state index is 0.193. The van der Waals surface area contributed by atoms with Gasteiger partial charge in [0.25, 0.3) is 5.91 Å². The second kappa shape index (κ2) is 7.65. The average molecular weight is 380 g/mol. The highest BCUT2D eigenvalue weighted by molar-refractivity contribution is 7.89. The maximum atomic E-state index is 12.7. The van der Waals surface area contributed by atoms with Gasteiger partial charge < -0.3 is 10.2 Å². The first-order valence-corrected chi connectivity index (χ1v) is 10.5. The molecule has 3 rings (SSSR count). The highest BCUT2D eigenvalue weighted by Gasteiger charge is 2.27. The SMILES string of the molecule is CCN1CCN(S(=O)(=O)c2ccc(NC(=O)c3cccs3)cc2)CC1. The predicted molar refractivity (Wildman–Crippen MR) is 99.6 cm³/mol. The van der Waals surface area contributed by atoms with E-state index in [4.69, 9.17) is 0 Å². The maximum Gasteiger partial charge on any atom is 0.265 e. The van der Waals surface area contributed by atoms with E-state index < -0.39 is 10.0 Å². The van der Waals surface area contributed by atoms with Crippen molar-refractivity contribution in [3.63, 3.8) is 0 Å². The molecule has 1 aromatic carbocycles. The van der Waals surface area contributed by atoms with Crippen molar-refractivity contribution in [3.05, 3.63) is 46.7 Å². The summed E-state index contributed by atoms with van der Waals surface area (Å²) in [4.78, 5) is 15.1. The van der Waals surface area contributed by atoms with E-state index in [0.29, 0.717) is 23.7 Å². The quantitative estimate of drug-likeness (QED) is 0.866. The number of nitrogens with one attached hydrogen (secondary N) is 1. The summed E-state index contributed by atoms with van der Waals surface area (Å²) in [5.74, 6) is -0.193. The number of nitrogens with zero attached hydrogens (tertiary/aromatic N) is 2. The molecule has 1 aliphatic rings. The zero-order valence-electron chi connectivity index (χ0n) is 14.0. The van der Waals surface area contributed by atoms with Gasteiger partial charge >= 0.3 is 0 Å². The van der Waals surface area contributed by atoms with Crippen LogP contribution in [0.4, 0.5) is 5.69 Å². The highest BCUT2D eigenvalue weighted by Crippen LogP contribution is 2.20. The zero-order valence-corrected chi connectivity index (χ0v) is 15.6. The van der Waals surface area contributed by atoms with Gasteiger partial charge in [0.15, 0.2) is 0 Å². The lowest BCUT2D eigenvalue weighted by Crippen LogP contribution is -2.48. The molecule has 0 bridgehead atoms. The van der Waals surface area contributed by atoms with Gasteiger partial charge in [-0.05, 0) is 42.3 Å². The molecule has 6 nitrogen and oxygen atoms in total. The van der Waals surface area contributed by atoms with Crippen LogP contribution in [0.5, 0.6) is 0 Å². The fourth-order valence-corrected chi connectivity index (χ4v) is 4.79. The molecule has 0 saturated carbocycles. The van der Waals surface area contributed by atoms with Crippen molar-refractivity contribution in [3.8, 4) is 0 Å². The van der Waals surface area contributed by atoms with E-state index in [2.05, 4.69) is 17.1 Å². The van der Waals surface area contributed by atoms with Crippen LogP contribution in [0.25, 0.3) is 0 Å². The largest absolute Gasteiger partial charge is 0.321 e. The van der Waals surface area contributed by atoms with Gasteiger partial charge in [-0.15, -0.1) is 11.3 Å². The number of carbonyl (C=O) groups is 1. The van der Waals surface area contributed by atoms with Crippen molar-refractivity contribution in [2.24, 2.45) is 0 Å². The van der Waals surface area contributed by atoms with E-state index >= 15 is 0 Å². The molecular formula is C17H21N3O3S2. The lowest BCUT2D eigenvalue weighted by atomic mass is 10.3. The Kier molecular flexibility index (Phi) is 5.53. The van der Waals surface area contributed by atoms with Gasteiger partial charge in [-0.3, -0.25) is 4.79 Å². The van der Waals surface area contributed by atoms with Gasteiger partial charge in [-0.2, -0.15) is 4.31 Å². The number of hydrogen-bond acceptors (Lipinski definition) is 5. The molecule has 0 atom stereocenters. The fourth-order valence-electron chi connectivity index (χ4n) is 2.75. The van der Waals surface area contributed by atoms with Crippen LogP contribution in [0.15, 0.2) is 46.7 Å². The number of anilines is 1. The third-order valence-electron chi connectivity index (χ3n) is 4.27. The third-order valence-corrected chi connectivity index (χ3v) is 7.05. The van der Waals surface area contributed by atoms with Gasteiger partial charge in [0, 0.05) is 31.9 Å². The lowest BCUT2D eigenvalue weighted by molar-refractivity contribution is 0.103. The van der Waals surface area contributed by atoms with E-state index in [1.807, 2.05) is 11.4 Å². The van der Waals surface area contributed by atoms with Crippen LogP contribution in [0.1, 0.15) is 16.6 Å². The van der Waals surface area contributed by atoms with Gasteiger partial charge in [-0.25, -0.2) is 8.42 Å². The molecule has 0 spiro atoms. The van der Waals surface area contributed by atoms with Gasteiger partial charge in [0.2, 0.25) is 10.0 Å². The first kappa shape index (κ1) is 18.1. The second-order valence-electron chi connectivity index (χ2n) is 5.79. The highest BCUT2D eigenvalue weighted by atomic mass is 32.2. The third kappa shape index (κ3) is 4.09. The van der Waals surface area contributed by atoms with Gasteiger partial charge in [0.05, 0.1) is 9.77 Å². The number of piperazine rings is 1. The second-order valence-corrected chi connectivity index (χ2v) is 8.68. The Morgan fingerprint density at radius 3 is 2.36 bits per heavy atom. The number of carbonyl (C=O) groups excluding carboxylic acids is 1. The molecule has 1 N–H and O–H groups in total. The minimum atomic E-state index is -3.49. The van der Waals surface area contributed by atoms with Gasteiger partial charge in [-0.1, -0.05) is 13.0 Å². The van der Waals surface area contributed by atoms with Crippen LogP contribution in [0.2, 0.25) is 0 Å². The predicted octanol–water partition coefficient (Wildman–Crippen LogP) is 2.33. The Balaban J connectivity index is 1.68. The molecule has 2 heterocycles. The van der Waals surface area contributed by atoms with Crippen molar-refractivity contribution in [1.29, 1.82) is 0 Å². The maximum absolute atomic E-state index is 12.7. The summed E-state index contributed by atoms with van der Waals surface area (Å²) in [5, 5.41) is 4.61. The molecule has 2 aromatic rings. The summed E-state index contributed by atoms with van der Waals surface area (Å²) < 4.78 is 27.0. The van der Waals surface area contributed by atoms with Crippen LogP contribution in [-0.4, -0.2) is 56.3 Å². The van der Waals surface area contributed by atoms with Crippen molar-refractivity contribution >= 4 is 33.0 Å². The Bertz CT molecular complexity index is 809. The Morgan fingerprint density at radius 2 is 1.80 bits per heavy atom. The van der Waals surface area contributed by atoms with Crippen LogP contribution >= 0.6 is 11.3 Å². The molecule has 0 aliphatic carbocycles. The molecule has 8 heteroatoms. The standard InChI is InChI=1S/C17H21N3O3S2/c1-2-19-9-11-20(12-10-19)25(22,23)15-7-5-14(6-8-15)18-17(21)16-4-3-13-24-16/h3-8,13H,2,9-12H2,1H3,(H,18,21). The van der Waals surface area contributed by atoms with E-state index in [9.17, 15) is 13.2 Å². The topological polar surface area (TPSA) is 69.7 Å². The molecule has 1 saturated heterocycles. The summed E-state index contributed by atoms with van der Waals surface area (Å²) in [6.07, 6.45) is 0. The molecule has 1 fully saturated rings. The average Bonchev–Trinajstić information content (AvgIpc) is 3.17. The van der Waals surface area contributed by atoms with Crippen molar-refractivity contribution in [1.82, 2.24) is 9.21 Å². The van der Waals surface area contributed by atoms with Gasteiger partial charge in [0.1, 0.15) is 0 Å². The van der Waals surface area contributed by atoms with Crippen LogP contribution < -0.4 is 5.32 Å². The van der Waals surface area contributed by atoms with Crippen molar-refractivity contribution < 1.29 is 13.2 Å². The number of likely N-dealkylation sites (N-methyl/N-ethyl adjacent to an activating group) is 1. The monoisotopic (exact) mass is 379 g/mol. The number of sulfonamides is 1. The number of hydrogen-bond donors (Lipinski definition) is 1. The molecule has 1 aliphatic heterocycles. The number of thiophene rings is 1. The summed E-state index contributed by atoms with van der Waals surface area (Å²) in [6, 6.07) is 9.90. The van der Waals surface area contributed by atoms with E-state index in [1.165, 1.54) is 15.6 Å². The molecule has 0 unspecified atom stereocenters. The smallest absolute Gasteiger partial charge is 0.265 e. The summed E-state index contributed by atoms with van der Waals surface area (Å²) in [5.41, 5.74) is 0.577. The van der Waals surface area contributed by atoms with Crippen molar-refractivity contribution in [2.45, 2.75) is 11.8 Å². The van der Waals surface area contributed by atoms with E-state index in [-0.39, 0.29) is 10.8 Å². The Morgan fingerprint density at radius 1 is 1.12 bits per heavy atom. The molecular weight excluding hydrogens is 358 g/mol. The zero-order chi connectivity index (χ0) is 17.9. The summed E-state index contributed by atoms with van der Waals surface area (Å²) >= 11 is 1.36. The normalized spacial score (nSPS) is 16.7. The lowest BCUT2D eigenvalue weighted by Gasteiger charge is -2.33. The molecule has 134 valence electrons. The molecule has 25 heavy (non-hydrogen) atoms. The number of rotatable bonds is 5. The molecule has 1 amide bonds. The fraction of sp³-hybridized carbons (Fsp3) is 0.353. The number of amides is 1. The van der Waals surface area contributed by atoms with E-state index in [1.54, 1.807) is 30.3 Å². The molecule has 0 radical (unpaired) electrons. The van der Waals surface area contributed by atoms with E-state index in [0.717, 1.165) is 19.6 Å². The van der Waals surface area contributed by atoms with Crippen LogP contribution in [-0.2, 0) is 10.0 Å².